The van der Waals surface area contributed by atoms with Crippen LogP contribution in [-0.2, 0) is 11.8 Å². The molecule has 1 atom stereocenters. The Hall–Kier alpha value is -2.83. The second-order valence-electron chi connectivity index (χ2n) is 6.26. The first-order chi connectivity index (χ1) is 12.0. The van der Waals surface area contributed by atoms with Crippen LogP contribution in [0.2, 0.25) is 0 Å². The molecule has 0 bridgehead atoms. The van der Waals surface area contributed by atoms with Gasteiger partial charge in [0.05, 0.1) is 23.2 Å². The minimum absolute atomic E-state index is 0.0281. The zero-order valence-corrected chi connectivity index (χ0v) is 15.0. The second-order valence-corrected chi connectivity index (χ2v) is 6.26. The number of nitrogens with one attached hydrogen (secondary N) is 2. The minimum atomic E-state index is -0.0331. The summed E-state index contributed by atoms with van der Waals surface area (Å²) in [6, 6.07) is 4.07. The van der Waals surface area contributed by atoms with E-state index in [2.05, 4.69) is 20.6 Å². The van der Waals surface area contributed by atoms with Crippen LogP contribution >= 0.6 is 0 Å². The van der Waals surface area contributed by atoms with E-state index in [-0.39, 0.29) is 12.0 Å². The summed E-state index contributed by atoms with van der Waals surface area (Å²) < 4.78 is 8.07. The summed E-state index contributed by atoms with van der Waals surface area (Å²) >= 11 is 0. The molecular formula is C18H23N5O2. The van der Waals surface area contributed by atoms with Crippen LogP contribution in [0.25, 0.3) is 22.0 Å². The topological polar surface area (TPSA) is 84.8 Å². The molecule has 7 heteroatoms. The molecule has 132 valence electrons. The van der Waals surface area contributed by atoms with Crippen molar-refractivity contribution in [3.05, 3.63) is 30.2 Å². The van der Waals surface area contributed by atoms with Crippen molar-refractivity contribution < 1.29 is 9.53 Å². The van der Waals surface area contributed by atoms with Gasteiger partial charge < -0.3 is 10.1 Å². The lowest BCUT2D eigenvalue weighted by Gasteiger charge is -2.16. The van der Waals surface area contributed by atoms with Gasteiger partial charge in [0, 0.05) is 44.4 Å². The summed E-state index contributed by atoms with van der Waals surface area (Å²) in [5.41, 5.74) is 3.94. The van der Waals surface area contributed by atoms with Crippen molar-refractivity contribution in [2.45, 2.75) is 33.3 Å². The van der Waals surface area contributed by atoms with Gasteiger partial charge in [-0.3, -0.25) is 14.6 Å². The van der Waals surface area contributed by atoms with Gasteiger partial charge in [0.2, 0.25) is 5.91 Å². The molecular weight excluding hydrogens is 318 g/mol. The van der Waals surface area contributed by atoms with Crippen LogP contribution in [0.3, 0.4) is 0 Å². The Morgan fingerprint density at radius 1 is 1.40 bits per heavy atom. The number of aryl methyl sites for hydroxylation is 2. The predicted molar refractivity (Wildman–Crippen MR) is 96.4 cm³/mol. The zero-order chi connectivity index (χ0) is 18.0. The normalized spacial score (nSPS) is 12.3. The number of nitrogens with zero attached hydrogens (tertiary/aromatic N) is 3. The maximum Gasteiger partial charge on any atom is 0.216 e. The second kappa shape index (κ2) is 6.96. The quantitative estimate of drug-likeness (QED) is 0.722. The molecule has 25 heavy (non-hydrogen) atoms. The van der Waals surface area contributed by atoms with Crippen LogP contribution in [0.5, 0.6) is 5.75 Å². The lowest BCUT2D eigenvalue weighted by atomic mass is 10.1. The molecule has 3 rings (SSSR count). The predicted octanol–water partition coefficient (Wildman–Crippen LogP) is 2.57. The van der Waals surface area contributed by atoms with E-state index in [1.54, 1.807) is 6.20 Å². The monoisotopic (exact) mass is 341 g/mol. The van der Waals surface area contributed by atoms with E-state index in [0.717, 1.165) is 39.9 Å². The summed E-state index contributed by atoms with van der Waals surface area (Å²) in [5.74, 6) is 0.772. The molecule has 0 unspecified atom stereocenters. The Balaban J connectivity index is 1.93. The molecule has 0 fully saturated rings. The van der Waals surface area contributed by atoms with Crippen LogP contribution in [0.1, 0.15) is 26.0 Å². The van der Waals surface area contributed by atoms with Crippen molar-refractivity contribution in [1.29, 1.82) is 0 Å². The fourth-order valence-corrected chi connectivity index (χ4v) is 2.84. The Morgan fingerprint density at radius 3 is 2.88 bits per heavy atom. The molecule has 0 saturated carbocycles. The van der Waals surface area contributed by atoms with Crippen LogP contribution in [0, 0.1) is 6.92 Å². The number of aromatic amines is 1. The van der Waals surface area contributed by atoms with Crippen LogP contribution in [0.4, 0.5) is 0 Å². The number of carbonyl (C=O) groups excluding carboxylic acids is 1. The number of hydrogen-bond donors (Lipinski definition) is 2. The van der Waals surface area contributed by atoms with E-state index in [4.69, 9.17) is 4.74 Å². The molecule has 2 heterocycles. The van der Waals surface area contributed by atoms with Crippen molar-refractivity contribution >= 4 is 16.8 Å². The zero-order valence-electron chi connectivity index (χ0n) is 15.0. The molecule has 2 aromatic heterocycles. The standard InChI is InChI=1S/C18H23N5O2/c1-11(5-6-19-13(3)24)25-17-8-14(15-9-20-21-10-15)7-16-18(17)12(2)23(4)22-16/h7-11H,5-6H2,1-4H3,(H,19,24)(H,20,21)/t11-/m1/s1. The third kappa shape index (κ3) is 3.65. The van der Waals surface area contributed by atoms with Gasteiger partial charge in [-0.15, -0.1) is 0 Å². The van der Waals surface area contributed by atoms with Crippen molar-refractivity contribution in [2.75, 3.05) is 6.54 Å². The van der Waals surface area contributed by atoms with E-state index < -0.39 is 0 Å². The largest absolute Gasteiger partial charge is 0.490 e. The molecule has 0 aliphatic carbocycles. The molecule has 0 saturated heterocycles. The Kier molecular flexibility index (Phi) is 4.74. The summed E-state index contributed by atoms with van der Waals surface area (Å²) in [5, 5.41) is 15.3. The maximum absolute atomic E-state index is 11.0. The van der Waals surface area contributed by atoms with Gasteiger partial charge in [0.25, 0.3) is 0 Å². The van der Waals surface area contributed by atoms with E-state index >= 15 is 0 Å². The van der Waals surface area contributed by atoms with Crippen molar-refractivity contribution in [1.82, 2.24) is 25.3 Å². The van der Waals surface area contributed by atoms with Crippen molar-refractivity contribution in [2.24, 2.45) is 7.05 Å². The first kappa shape index (κ1) is 17.0. The van der Waals surface area contributed by atoms with Gasteiger partial charge in [-0.1, -0.05) is 0 Å². The fourth-order valence-electron chi connectivity index (χ4n) is 2.84. The highest BCUT2D eigenvalue weighted by Crippen LogP contribution is 2.34. The van der Waals surface area contributed by atoms with Crippen molar-refractivity contribution in [3.63, 3.8) is 0 Å². The lowest BCUT2D eigenvalue weighted by molar-refractivity contribution is -0.119. The maximum atomic E-state index is 11.0. The molecule has 3 aromatic rings. The van der Waals surface area contributed by atoms with Crippen LogP contribution in [0.15, 0.2) is 24.5 Å². The number of fused-ring (bicyclic) bond motifs is 1. The van der Waals surface area contributed by atoms with E-state index in [1.165, 1.54) is 6.92 Å². The molecule has 2 N–H and O–H groups in total. The number of amides is 1. The third-order valence-electron chi connectivity index (χ3n) is 4.27. The summed E-state index contributed by atoms with van der Waals surface area (Å²) in [7, 11) is 1.93. The highest BCUT2D eigenvalue weighted by atomic mass is 16.5. The lowest BCUT2D eigenvalue weighted by Crippen LogP contribution is -2.25. The van der Waals surface area contributed by atoms with Gasteiger partial charge in [0.15, 0.2) is 0 Å². The minimum Gasteiger partial charge on any atom is -0.490 e. The molecule has 7 nitrogen and oxygen atoms in total. The Labute approximate surface area is 146 Å². The Morgan fingerprint density at radius 2 is 2.20 bits per heavy atom. The summed E-state index contributed by atoms with van der Waals surface area (Å²) in [4.78, 5) is 11.0. The summed E-state index contributed by atoms with van der Waals surface area (Å²) in [6.45, 7) is 6.14. The smallest absolute Gasteiger partial charge is 0.216 e. The number of hydrogen-bond acceptors (Lipinski definition) is 4. The van der Waals surface area contributed by atoms with Gasteiger partial charge in [-0.05, 0) is 31.5 Å². The molecule has 1 amide bonds. The molecule has 0 aliphatic rings. The number of carbonyl (C=O) groups is 1. The molecule has 0 aliphatic heterocycles. The first-order valence-electron chi connectivity index (χ1n) is 8.33. The highest BCUT2D eigenvalue weighted by Gasteiger charge is 2.16. The van der Waals surface area contributed by atoms with E-state index in [0.29, 0.717) is 6.54 Å². The summed E-state index contributed by atoms with van der Waals surface area (Å²) in [6.07, 6.45) is 4.33. The number of benzene rings is 1. The average molecular weight is 341 g/mol. The third-order valence-corrected chi connectivity index (χ3v) is 4.27. The van der Waals surface area contributed by atoms with E-state index in [9.17, 15) is 4.79 Å². The van der Waals surface area contributed by atoms with Gasteiger partial charge in [0.1, 0.15) is 5.75 Å². The number of ether oxygens (including phenoxy) is 1. The van der Waals surface area contributed by atoms with Gasteiger partial charge >= 0.3 is 0 Å². The van der Waals surface area contributed by atoms with Crippen LogP contribution in [-0.4, -0.2) is 38.5 Å². The van der Waals surface area contributed by atoms with E-state index in [1.807, 2.05) is 43.9 Å². The van der Waals surface area contributed by atoms with Crippen molar-refractivity contribution in [3.8, 4) is 16.9 Å². The molecule has 1 aromatic carbocycles. The number of H-pyrrole nitrogens is 1. The SMILES string of the molecule is CC(=O)NCC[C@@H](C)Oc1cc(-c2cn[nH]c2)cc2nn(C)c(C)c12. The highest BCUT2D eigenvalue weighted by molar-refractivity contribution is 5.92. The number of aromatic nitrogens is 4. The van der Waals surface area contributed by atoms with Gasteiger partial charge in [-0.25, -0.2) is 0 Å². The fraction of sp³-hybridized carbons (Fsp3) is 0.389. The molecule has 0 radical (unpaired) electrons. The number of rotatable bonds is 6. The first-order valence-corrected chi connectivity index (χ1v) is 8.33. The van der Waals surface area contributed by atoms with Crippen LogP contribution < -0.4 is 10.1 Å². The molecule has 0 spiro atoms. The average Bonchev–Trinajstić information content (AvgIpc) is 3.16. The van der Waals surface area contributed by atoms with Gasteiger partial charge in [-0.2, -0.15) is 10.2 Å². The Bertz CT molecular complexity index is 883.